The molecule has 0 bridgehead atoms. The maximum atomic E-state index is 14.8. The molecule has 1 aliphatic heterocycles. The van der Waals surface area contributed by atoms with Crippen molar-refractivity contribution in [1.29, 1.82) is 5.26 Å². The SMILES string of the molecule is C=CCOC(=O)C1C(C)=NC(SCC(=O)Nc2ccccc2C(F)(F)F)=C(C#N)[C@@H]1c1ccccc1F. The average molecular weight is 532 g/mol. The summed E-state index contributed by atoms with van der Waals surface area (Å²) in [5.41, 5.74) is -1.18. The van der Waals surface area contributed by atoms with Gasteiger partial charge < -0.3 is 10.1 Å². The molecule has 0 fully saturated rings. The number of para-hydroxylation sites is 1. The van der Waals surface area contributed by atoms with E-state index in [0.717, 1.165) is 23.9 Å². The summed E-state index contributed by atoms with van der Waals surface area (Å²) in [6.45, 7) is 4.91. The number of thioether (sulfide) groups is 1. The van der Waals surface area contributed by atoms with Gasteiger partial charge in [0, 0.05) is 11.6 Å². The number of aliphatic imine (C=N–C) groups is 1. The molecular weight excluding hydrogens is 510 g/mol. The summed E-state index contributed by atoms with van der Waals surface area (Å²) in [4.78, 5) is 29.7. The Morgan fingerprint density at radius 3 is 2.54 bits per heavy atom. The number of nitriles is 1. The van der Waals surface area contributed by atoms with Gasteiger partial charge in [-0.3, -0.25) is 9.59 Å². The van der Waals surface area contributed by atoms with E-state index < -0.39 is 47.0 Å². The number of rotatable bonds is 8. The first-order valence-electron chi connectivity index (χ1n) is 10.9. The number of esters is 1. The quantitative estimate of drug-likeness (QED) is 0.262. The highest BCUT2D eigenvalue weighted by molar-refractivity contribution is 8.03. The number of hydrogen-bond acceptors (Lipinski definition) is 6. The van der Waals surface area contributed by atoms with Crippen LogP contribution in [0.25, 0.3) is 0 Å². The molecule has 2 aromatic carbocycles. The standard InChI is InChI=1S/C26H21F4N3O3S/c1-3-12-36-25(35)22-15(2)32-24(17(13-31)23(22)16-8-4-6-10-19(16)27)37-14-21(34)33-20-11-7-5-9-18(20)26(28,29)30/h3-11,22-23H,1,12,14H2,2H3,(H,33,34)/t22?,23-/m0/s1. The van der Waals surface area contributed by atoms with E-state index in [1.54, 1.807) is 6.07 Å². The first-order chi connectivity index (χ1) is 17.6. The number of ether oxygens (including phenoxy) is 1. The van der Waals surface area contributed by atoms with Gasteiger partial charge in [0.25, 0.3) is 0 Å². The van der Waals surface area contributed by atoms with Crippen LogP contribution in [0, 0.1) is 23.1 Å². The second kappa shape index (κ2) is 11.9. The molecule has 0 radical (unpaired) electrons. The Kier molecular flexibility index (Phi) is 8.89. The largest absolute Gasteiger partial charge is 0.461 e. The van der Waals surface area contributed by atoms with Crippen LogP contribution < -0.4 is 5.32 Å². The second-order valence-corrected chi connectivity index (χ2v) is 8.82. The second-order valence-electron chi connectivity index (χ2n) is 7.86. The molecule has 1 heterocycles. The number of hydrogen-bond donors (Lipinski definition) is 1. The fourth-order valence-corrected chi connectivity index (χ4v) is 4.69. The Bertz CT molecular complexity index is 1310. The highest BCUT2D eigenvalue weighted by Crippen LogP contribution is 2.43. The van der Waals surface area contributed by atoms with E-state index in [1.165, 1.54) is 43.3 Å². The maximum Gasteiger partial charge on any atom is 0.418 e. The maximum absolute atomic E-state index is 14.8. The summed E-state index contributed by atoms with van der Waals surface area (Å²) >= 11 is 0.796. The fourth-order valence-electron chi connectivity index (χ4n) is 3.82. The zero-order valence-corrected chi connectivity index (χ0v) is 20.3. The van der Waals surface area contributed by atoms with Crippen LogP contribution in [-0.2, 0) is 20.5 Å². The Hall–Kier alpha value is -3.91. The molecule has 0 saturated heterocycles. The molecule has 0 aliphatic carbocycles. The highest BCUT2D eigenvalue weighted by Gasteiger charge is 2.41. The molecular formula is C26H21F4N3O3S. The van der Waals surface area contributed by atoms with E-state index in [4.69, 9.17) is 4.74 Å². The van der Waals surface area contributed by atoms with Crippen LogP contribution in [0.4, 0.5) is 23.2 Å². The van der Waals surface area contributed by atoms with Crippen LogP contribution in [0.2, 0.25) is 0 Å². The molecule has 0 spiro atoms. The summed E-state index contributed by atoms with van der Waals surface area (Å²) < 4.78 is 59.7. The van der Waals surface area contributed by atoms with E-state index in [-0.39, 0.29) is 34.2 Å². The van der Waals surface area contributed by atoms with Crippen molar-refractivity contribution in [1.82, 2.24) is 0 Å². The topological polar surface area (TPSA) is 91.5 Å². The predicted octanol–water partition coefficient (Wildman–Crippen LogP) is 5.86. The molecule has 3 rings (SSSR count). The van der Waals surface area contributed by atoms with Crippen molar-refractivity contribution in [3.8, 4) is 6.07 Å². The molecule has 192 valence electrons. The number of nitrogens with one attached hydrogen (secondary N) is 1. The highest BCUT2D eigenvalue weighted by atomic mass is 32.2. The molecule has 1 aliphatic rings. The molecule has 1 N–H and O–H groups in total. The minimum absolute atomic E-state index is 0.0558. The lowest BCUT2D eigenvalue weighted by atomic mass is 9.77. The Morgan fingerprint density at radius 1 is 1.22 bits per heavy atom. The van der Waals surface area contributed by atoms with Crippen LogP contribution in [0.3, 0.4) is 0 Å². The molecule has 0 saturated carbocycles. The number of anilines is 1. The van der Waals surface area contributed by atoms with Crippen molar-refractivity contribution in [3.63, 3.8) is 0 Å². The summed E-state index contributed by atoms with van der Waals surface area (Å²) in [5, 5.41) is 12.2. The van der Waals surface area contributed by atoms with Crippen molar-refractivity contribution >= 4 is 35.0 Å². The zero-order chi connectivity index (χ0) is 27.2. The molecule has 2 aromatic rings. The summed E-state index contributed by atoms with van der Waals surface area (Å²) in [6.07, 6.45) is -3.30. The molecule has 6 nitrogen and oxygen atoms in total. The van der Waals surface area contributed by atoms with Gasteiger partial charge in [-0.15, -0.1) is 0 Å². The van der Waals surface area contributed by atoms with E-state index >= 15 is 0 Å². The van der Waals surface area contributed by atoms with Gasteiger partial charge in [-0.2, -0.15) is 18.4 Å². The minimum Gasteiger partial charge on any atom is -0.461 e. The van der Waals surface area contributed by atoms with Gasteiger partial charge in [-0.05, 0) is 30.7 Å². The number of carbonyl (C=O) groups is 2. The molecule has 1 amide bonds. The van der Waals surface area contributed by atoms with Crippen molar-refractivity contribution < 1.29 is 31.9 Å². The molecule has 37 heavy (non-hydrogen) atoms. The number of nitrogens with zero attached hydrogens (tertiary/aromatic N) is 2. The third kappa shape index (κ3) is 6.46. The van der Waals surface area contributed by atoms with Crippen molar-refractivity contribution in [3.05, 3.63) is 88.7 Å². The van der Waals surface area contributed by atoms with Crippen molar-refractivity contribution in [2.24, 2.45) is 10.9 Å². The number of carbonyl (C=O) groups excluding carboxylic acids is 2. The lowest BCUT2D eigenvalue weighted by Crippen LogP contribution is -2.34. The smallest absolute Gasteiger partial charge is 0.418 e. The number of amides is 1. The van der Waals surface area contributed by atoms with Gasteiger partial charge in [0.05, 0.1) is 28.6 Å². The van der Waals surface area contributed by atoms with Crippen molar-refractivity contribution in [2.45, 2.75) is 19.0 Å². The van der Waals surface area contributed by atoms with Crippen LogP contribution in [0.1, 0.15) is 24.0 Å². The number of alkyl halides is 3. The minimum atomic E-state index is -4.67. The summed E-state index contributed by atoms with van der Waals surface area (Å²) in [7, 11) is 0. The van der Waals surface area contributed by atoms with Crippen LogP contribution >= 0.6 is 11.8 Å². The Labute approximate surface area is 214 Å². The summed E-state index contributed by atoms with van der Waals surface area (Å²) in [5.74, 6) is -4.73. The van der Waals surface area contributed by atoms with E-state index in [9.17, 15) is 32.4 Å². The average Bonchev–Trinajstić information content (AvgIpc) is 2.85. The van der Waals surface area contributed by atoms with Crippen LogP contribution in [0.5, 0.6) is 0 Å². The third-order valence-electron chi connectivity index (χ3n) is 5.41. The van der Waals surface area contributed by atoms with Gasteiger partial charge in [0.1, 0.15) is 23.4 Å². The van der Waals surface area contributed by atoms with E-state index in [2.05, 4.69) is 16.9 Å². The first-order valence-corrected chi connectivity index (χ1v) is 11.9. The third-order valence-corrected chi connectivity index (χ3v) is 6.40. The number of allylic oxidation sites excluding steroid dienone is 1. The number of benzene rings is 2. The summed E-state index contributed by atoms with van der Waals surface area (Å²) in [6, 6.07) is 12.1. The zero-order valence-electron chi connectivity index (χ0n) is 19.5. The predicted molar refractivity (Wildman–Crippen MR) is 132 cm³/mol. The monoisotopic (exact) mass is 531 g/mol. The lowest BCUT2D eigenvalue weighted by molar-refractivity contribution is -0.145. The Balaban J connectivity index is 1.92. The van der Waals surface area contributed by atoms with Gasteiger partial charge >= 0.3 is 12.1 Å². The first kappa shape index (κ1) is 27.7. The molecule has 1 unspecified atom stereocenters. The van der Waals surface area contributed by atoms with Crippen LogP contribution in [-0.4, -0.2) is 29.9 Å². The van der Waals surface area contributed by atoms with Gasteiger partial charge in [0.2, 0.25) is 5.91 Å². The normalized spacial score (nSPS) is 17.5. The number of halogens is 4. The fraction of sp³-hybridized carbons (Fsp3) is 0.231. The van der Waals surface area contributed by atoms with Gasteiger partial charge in [0.15, 0.2) is 0 Å². The van der Waals surface area contributed by atoms with Crippen LogP contribution in [0.15, 0.2) is 76.8 Å². The lowest BCUT2D eigenvalue weighted by Gasteiger charge is -2.30. The molecule has 0 aromatic heterocycles. The van der Waals surface area contributed by atoms with Crippen molar-refractivity contribution in [2.75, 3.05) is 17.7 Å². The molecule has 11 heteroatoms. The molecule has 2 atom stereocenters. The Morgan fingerprint density at radius 2 is 1.89 bits per heavy atom. The van der Waals surface area contributed by atoms with E-state index in [0.29, 0.717) is 0 Å². The van der Waals surface area contributed by atoms with Gasteiger partial charge in [-0.25, -0.2) is 9.38 Å². The van der Waals surface area contributed by atoms with Gasteiger partial charge in [-0.1, -0.05) is 54.7 Å². The van der Waals surface area contributed by atoms with E-state index in [1.807, 2.05) is 6.07 Å².